The zero-order chi connectivity index (χ0) is 6.27. The van der Waals surface area contributed by atoms with Gasteiger partial charge >= 0.3 is 0 Å². The van der Waals surface area contributed by atoms with Crippen molar-refractivity contribution in [3.8, 4) is 0 Å². The molecule has 1 atom stereocenters. The van der Waals surface area contributed by atoms with Gasteiger partial charge in [0.2, 0.25) is 0 Å². The van der Waals surface area contributed by atoms with E-state index >= 15 is 0 Å². The Morgan fingerprint density at radius 2 is 1.80 bits per heavy atom. The highest BCUT2D eigenvalue weighted by Gasteiger charge is 2.32. The first-order chi connectivity index (χ1) is 4.36. The van der Waals surface area contributed by atoms with E-state index in [0.29, 0.717) is 6.04 Å². The van der Waals surface area contributed by atoms with Gasteiger partial charge in [-0.25, -0.2) is 0 Å². The van der Waals surface area contributed by atoms with Crippen LogP contribution < -0.4 is 5.73 Å². The Hall–Kier alpha value is 0.250. The SMILES string of the molecule is Cl.NC(CC1CC1)C1CC1. The number of hydrogen-bond donors (Lipinski definition) is 1. The molecular weight excluding hydrogens is 146 g/mol. The van der Waals surface area contributed by atoms with Crippen LogP contribution in [-0.4, -0.2) is 6.04 Å². The highest BCUT2D eigenvalue weighted by Crippen LogP contribution is 2.40. The van der Waals surface area contributed by atoms with Crippen molar-refractivity contribution in [2.24, 2.45) is 17.6 Å². The van der Waals surface area contributed by atoms with Crippen molar-refractivity contribution < 1.29 is 0 Å². The van der Waals surface area contributed by atoms with Gasteiger partial charge in [-0.15, -0.1) is 12.4 Å². The molecule has 1 nitrogen and oxygen atoms in total. The molecule has 0 heterocycles. The van der Waals surface area contributed by atoms with E-state index in [1.807, 2.05) is 0 Å². The Labute approximate surface area is 68.8 Å². The molecule has 2 heteroatoms. The molecule has 2 N–H and O–H groups in total. The maximum absolute atomic E-state index is 5.92. The lowest BCUT2D eigenvalue weighted by molar-refractivity contribution is 0.516. The predicted octanol–water partition coefficient (Wildman–Crippen LogP) is 1.95. The van der Waals surface area contributed by atoms with Crippen LogP contribution in [0.1, 0.15) is 32.1 Å². The lowest BCUT2D eigenvalue weighted by atomic mass is 10.1. The van der Waals surface area contributed by atoms with Crippen LogP contribution >= 0.6 is 12.4 Å². The summed E-state index contributed by atoms with van der Waals surface area (Å²) >= 11 is 0. The second-order valence-corrected chi connectivity index (χ2v) is 3.68. The number of rotatable bonds is 3. The summed E-state index contributed by atoms with van der Waals surface area (Å²) in [6.07, 6.45) is 7.06. The van der Waals surface area contributed by atoms with E-state index in [0.717, 1.165) is 11.8 Å². The molecule has 0 aromatic heterocycles. The van der Waals surface area contributed by atoms with Crippen LogP contribution in [0.3, 0.4) is 0 Å². The molecule has 10 heavy (non-hydrogen) atoms. The fourth-order valence-electron chi connectivity index (χ4n) is 1.46. The van der Waals surface area contributed by atoms with E-state index in [9.17, 15) is 0 Å². The third kappa shape index (κ3) is 2.14. The van der Waals surface area contributed by atoms with Crippen molar-refractivity contribution in [2.75, 3.05) is 0 Å². The minimum atomic E-state index is 0. The highest BCUT2D eigenvalue weighted by atomic mass is 35.5. The van der Waals surface area contributed by atoms with Crippen molar-refractivity contribution >= 4 is 12.4 Å². The van der Waals surface area contributed by atoms with E-state index < -0.39 is 0 Å². The van der Waals surface area contributed by atoms with Gasteiger partial charge in [-0.05, 0) is 31.1 Å². The quantitative estimate of drug-likeness (QED) is 0.673. The minimum absolute atomic E-state index is 0. The fraction of sp³-hybridized carbons (Fsp3) is 1.00. The van der Waals surface area contributed by atoms with Crippen LogP contribution in [-0.2, 0) is 0 Å². The van der Waals surface area contributed by atoms with Crippen LogP contribution in [0.2, 0.25) is 0 Å². The van der Waals surface area contributed by atoms with Crippen LogP contribution in [0.15, 0.2) is 0 Å². The molecule has 0 spiro atoms. The monoisotopic (exact) mass is 161 g/mol. The topological polar surface area (TPSA) is 26.0 Å². The first-order valence-corrected chi connectivity index (χ1v) is 4.12. The molecule has 0 bridgehead atoms. The zero-order valence-electron chi connectivity index (χ0n) is 6.25. The average molecular weight is 162 g/mol. The zero-order valence-corrected chi connectivity index (χ0v) is 7.07. The maximum atomic E-state index is 5.92. The van der Waals surface area contributed by atoms with E-state index in [4.69, 9.17) is 5.73 Å². The number of halogens is 1. The van der Waals surface area contributed by atoms with Gasteiger partial charge in [0.1, 0.15) is 0 Å². The van der Waals surface area contributed by atoms with E-state index in [1.165, 1.54) is 32.1 Å². The van der Waals surface area contributed by atoms with E-state index in [2.05, 4.69) is 0 Å². The normalized spacial score (nSPS) is 27.3. The molecule has 0 aliphatic heterocycles. The first kappa shape index (κ1) is 8.35. The van der Waals surface area contributed by atoms with Gasteiger partial charge in [-0.1, -0.05) is 12.8 Å². The summed E-state index contributed by atoms with van der Waals surface area (Å²) in [5, 5.41) is 0. The molecule has 2 aliphatic rings. The summed E-state index contributed by atoms with van der Waals surface area (Å²) in [6, 6.07) is 0.567. The molecule has 2 saturated carbocycles. The summed E-state index contributed by atoms with van der Waals surface area (Å²) in [4.78, 5) is 0. The van der Waals surface area contributed by atoms with E-state index in [1.54, 1.807) is 0 Å². The van der Waals surface area contributed by atoms with Crippen molar-refractivity contribution in [3.05, 3.63) is 0 Å². The molecule has 0 aromatic rings. The molecule has 0 saturated heterocycles. The lowest BCUT2D eigenvalue weighted by Gasteiger charge is -2.06. The Morgan fingerprint density at radius 3 is 2.20 bits per heavy atom. The summed E-state index contributed by atoms with van der Waals surface area (Å²) in [7, 11) is 0. The van der Waals surface area contributed by atoms with Crippen molar-refractivity contribution in [2.45, 2.75) is 38.1 Å². The van der Waals surface area contributed by atoms with Gasteiger partial charge in [0.05, 0.1) is 0 Å². The summed E-state index contributed by atoms with van der Waals surface area (Å²) in [5.74, 6) is 1.95. The largest absolute Gasteiger partial charge is 0.327 e. The van der Waals surface area contributed by atoms with Gasteiger partial charge in [0.15, 0.2) is 0 Å². The molecule has 0 aromatic carbocycles. The average Bonchev–Trinajstić information content (AvgIpc) is 2.62. The number of nitrogens with two attached hydrogens (primary N) is 1. The number of hydrogen-bond acceptors (Lipinski definition) is 1. The smallest absolute Gasteiger partial charge is 0.00698 e. The van der Waals surface area contributed by atoms with E-state index in [-0.39, 0.29) is 12.4 Å². The summed E-state index contributed by atoms with van der Waals surface area (Å²) < 4.78 is 0. The van der Waals surface area contributed by atoms with Crippen LogP contribution in [0.25, 0.3) is 0 Å². The minimum Gasteiger partial charge on any atom is -0.327 e. The maximum Gasteiger partial charge on any atom is 0.00698 e. The Bertz CT molecular complexity index is 108. The molecule has 1 unspecified atom stereocenters. The van der Waals surface area contributed by atoms with Crippen LogP contribution in [0.4, 0.5) is 0 Å². The molecule has 2 rings (SSSR count). The Kier molecular flexibility index (Phi) is 2.59. The van der Waals surface area contributed by atoms with Gasteiger partial charge in [-0.2, -0.15) is 0 Å². The van der Waals surface area contributed by atoms with Crippen LogP contribution in [0.5, 0.6) is 0 Å². The molecule has 2 aliphatic carbocycles. The molecule has 2 fully saturated rings. The molecule has 0 radical (unpaired) electrons. The van der Waals surface area contributed by atoms with Gasteiger partial charge in [0.25, 0.3) is 0 Å². The Balaban J connectivity index is 0.000000500. The van der Waals surface area contributed by atoms with Gasteiger partial charge < -0.3 is 5.73 Å². The third-order valence-corrected chi connectivity index (χ3v) is 2.53. The second kappa shape index (κ2) is 3.10. The van der Waals surface area contributed by atoms with Crippen molar-refractivity contribution in [1.82, 2.24) is 0 Å². The van der Waals surface area contributed by atoms with Crippen LogP contribution in [0, 0.1) is 11.8 Å². The third-order valence-electron chi connectivity index (χ3n) is 2.53. The predicted molar refractivity (Wildman–Crippen MR) is 45.3 cm³/mol. The highest BCUT2D eigenvalue weighted by molar-refractivity contribution is 5.85. The Morgan fingerprint density at radius 1 is 1.20 bits per heavy atom. The lowest BCUT2D eigenvalue weighted by Crippen LogP contribution is -2.22. The molecule has 0 amide bonds. The second-order valence-electron chi connectivity index (χ2n) is 3.68. The van der Waals surface area contributed by atoms with Crippen molar-refractivity contribution in [3.63, 3.8) is 0 Å². The first-order valence-electron chi connectivity index (χ1n) is 4.12. The summed E-state index contributed by atoms with van der Waals surface area (Å²) in [6.45, 7) is 0. The standard InChI is InChI=1S/C8H15N.ClH/c9-8(7-3-4-7)5-6-1-2-6;/h6-8H,1-5,9H2;1H. The van der Waals surface area contributed by atoms with Crippen molar-refractivity contribution in [1.29, 1.82) is 0 Å². The van der Waals surface area contributed by atoms with Gasteiger partial charge in [0, 0.05) is 6.04 Å². The van der Waals surface area contributed by atoms with Gasteiger partial charge in [-0.3, -0.25) is 0 Å². The summed E-state index contributed by atoms with van der Waals surface area (Å²) in [5.41, 5.74) is 5.92. The molecule has 60 valence electrons. The fourth-order valence-corrected chi connectivity index (χ4v) is 1.46. The molecular formula is C8H16ClN.